The number of hydrogen-bond donors (Lipinski definition) is 1. The third kappa shape index (κ3) is 4.32. The first-order chi connectivity index (χ1) is 11.0. The molecule has 0 atom stereocenters. The van der Waals surface area contributed by atoms with E-state index >= 15 is 0 Å². The largest absolute Gasteiger partial charge is 0.464 e. The van der Waals surface area contributed by atoms with Gasteiger partial charge in [0.2, 0.25) is 5.91 Å². The third-order valence-corrected chi connectivity index (χ3v) is 3.93. The van der Waals surface area contributed by atoms with Gasteiger partial charge in [0.1, 0.15) is 5.54 Å². The Labute approximate surface area is 137 Å². The van der Waals surface area contributed by atoms with Crippen molar-refractivity contribution >= 4 is 11.9 Å². The molecule has 0 heterocycles. The monoisotopic (exact) mass is 319 g/mol. The molecule has 5 heteroatoms. The van der Waals surface area contributed by atoms with Gasteiger partial charge in [-0.15, -0.1) is 0 Å². The van der Waals surface area contributed by atoms with E-state index in [1.54, 1.807) is 6.92 Å². The Morgan fingerprint density at radius 3 is 2.35 bits per heavy atom. The summed E-state index contributed by atoms with van der Waals surface area (Å²) >= 11 is 0. The van der Waals surface area contributed by atoms with Crippen LogP contribution in [0, 0.1) is 0 Å². The van der Waals surface area contributed by atoms with Crippen LogP contribution in [0.5, 0.6) is 0 Å². The predicted octanol–water partition coefficient (Wildman–Crippen LogP) is 2.02. The Morgan fingerprint density at radius 2 is 1.83 bits per heavy atom. The number of fused-ring (bicyclic) bond motifs is 1. The zero-order valence-corrected chi connectivity index (χ0v) is 14.1. The lowest BCUT2D eigenvalue weighted by Crippen LogP contribution is -2.56. The summed E-state index contributed by atoms with van der Waals surface area (Å²) in [4.78, 5) is 24.7. The predicted molar refractivity (Wildman–Crippen MR) is 87.1 cm³/mol. The summed E-state index contributed by atoms with van der Waals surface area (Å²) in [5.74, 6) is -0.555. The molecule has 2 rings (SSSR count). The van der Waals surface area contributed by atoms with Gasteiger partial charge in [-0.05, 0) is 31.9 Å². The summed E-state index contributed by atoms with van der Waals surface area (Å²) in [7, 11) is 0. The van der Waals surface area contributed by atoms with Crippen molar-refractivity contribution in [3.63, 3.8) is 0 Å². The smallest absolute Gasteiger partial charge is 0.332 e. The van der Waals surface area contributed by atoms with Gasteiger partial charge in [-0.3, -0.25) is 4.79 Å². The van der Waals surface area contributed by atoms with E-state index in [-0.39, 0.29) is 24.4 Å². The molecule has 1 N–H and O–H groups in total. The van der Waals surface area contributed by atoms with Gasteiger partial charge in [0.25, 0.3) is 0 Å². The lowest BCUT2D eigenvalue weighted by molar-refractivity contribution is -0.153. The Kier molecular flexibility index (Phi) is 5.77. The van der Waals surface area contributed by atoms with Crippen LogP contribution >= 0.6 is 0 Å². The normalized spacial score (nSPS) is 15.3. The molecular weight excluding hydrogens is 294 g/mol. The van der Waals surface area contributed by atoms with Gasteiger partial charge in [-0.25, -0.2) is 4.79 Å². The maximum atomic E-state index is 12.5. The van der Waals surface area contributed by atoms with Crippen LogP contribution in [0.15, 0.2) is 24.3 Å². The van der Waals surface area contributed by atoms with E-state index < -0.39 is 5.54 Å². The average molecular weight is 319 g/mol. The third-order valence-electron chi connectivity index (χ3n) is 3.93. The standard InChI is InChI=1S/C18H25NO4/c1-4-22-17(21)18(19-16(20)9-10-23-13(2)3)11-14-7-5-6-8-15(14)12-18/h5-8,13H,4,9-12H2,1-3H3,(H,19,20). The molecule has 0 radical (unpaired) electrons. The van der Waals surface area contributed by atoms with Gasteiger partial charge in [0.05, 0.1) is 19.3 Å². The van der Waals surface area contributed by atoms with Crippen LogP contribution in [0.2, 0.25) is 0 Å². The maximum Gasteiger partial charge on any atom is 0.332 e. The fourth-order valence-corrected chi connectivity index (χ4v) is 2.88. The fourth-order valence-electron chi connectivity index (χ4n) is 2.88. The molecule has 0 spiro atoms. The Morgan fingerprint density at radius 1 is 1.22 bits per heavy atom. The van der Waals surface area contributed by atoms with Gasteiger partial charge < -0.3 is 14.8 Å². The van der Waals surface area contributed by atoms with Crippen LogP contribution in [-0.4, -0.2) is 36.7 Å². The molecule has 1 amide bonds. The van der Waals surface area contributed by atoms with Crippen molar-refractivity contribution in [3.05, 3.63) is 35.4 Å². The second-order valence-corrected chi connectivity index (χ2v) is 6.14. The van der Waals surface area contributed by atoms with Crippen molar-refractivity contribution in [2.75, 3.05) is 13.2 Å². The molecule has 0 aromatic heterocycles. The number of esters is 1. The molecule has 1 aromatic rings. The van der Waals surface area contributed by atoms with E-state index in [9.17, 15) is 9.59 Å². The van der Waals surface area contributed by atoms with Gasteiger partial charge in [0, 0.05) is 19.3 Å². The van der Waals surface area contributed by atoms with Crippen LogP contribution in [0.1, 0.15) is 38.3 Å². The molecule has 0 unspecified atom stereocenters. The van der Waals surface area contributed by atoms with E-state index in [0.29, 0.717) is 26.1 Å². The molecule has 5 nitrogen and oxygen atoms in total. The molecule has 126 valence electrons. The molecule has 1 aromatic carbocycles. The summed E-state index contributed by atoms with van der Waals surface area (Å²) in [5.41, 5.74) is 1.17. The van der Waals surface area contributed by atoms with Gasteiger partial charge >= 0.3 is 5.97 Å². The number of ether oxygens (including phenoxy) is 2. The van der Waals surface area contributed by atoms with Crippen LogP contribution in [0.3, 0.4) is 0 Å². The Hall–Kier alpha value is -1.88. The van der Waals surface area contributed by atoms with Gasteiger partial charge in [-0.2, -0.15) is 0 Å². The first-order valence-corrected chi connectivity index (χ1v) is 8.13. The Bertz CT molecular complexity index is 543. The summed E-state index contributed by atoms with van der Waals surface area (Å²) in [6, 6.07) is 7.87. The highest BCUT2D eigenvalue weighted by Gasteiger charge is 2.46. The molecule has 1 aliphatic rings. The molecule has 0 fully saturated rings. The van der Waals surface area contributed by atoms with Gasteiger partial charge in [0.15, 0.2) is 0 Å². The van der Waals surface area contributed by atoms with E-state index in [1.807, 2.05) is 38.1 Å². The van der Waals surface area contributed by atoms with E-state index in [0.717, 1.165) is 11.1 Å². The van der Waals surface area contributed by atoms with Crippen molar-refractivity contribution in [1.82, 2.24) is 5.32 Å². The van der Waals surface area contributed by atoms with Crippen molar-refractivity contribution in [1.29, 1.82) is 0 Å². The minimum atomic E-state index is -0.991. The van der Waals surface area contributed by atoms with Gasteiger partial charge in [-0.1, -0.05) is 24.3 Å². The average Bonchev–Trinajstić information content (AvgIpc) is 2.86. The second-order valence-electron chi connectivity index (χ2n) is 6.14. The summed E-state index contributed by atoms with van der Waals surface area (Å²) < 4.78 is 10.6. The van der Waals surface area contributed by atoms with E-state index in [4.69, 9.17) is 9.47 Å². The molecular formula is C18H25NO4. The fraction of sp³-hybridized carbons (Fsp3) is 0.556. The Balaban J connectivity index is 2.08. The summed E-state index contributed by atoms with van der Waals surface area (Å²) in [5, 5.41) is 2.90. The molecule has 1 aliphatic carbocycles. The lowest BCUT2D eigenvalue weighted by Gasteiger charge is -2.28. The quantitative estimate of drug-likeness (QED) is 0.781. The highest BCUT2D eigenvalue weighted by atomic mass is 16.5. The van der Waals surface area contributed by atoms with Crippen molar-refractivity contribution in [2.45, 2.75) is 51.7 Å². The molecule has 23 heavy (non-hydrogen) atoms. The topological polar surface area (TPSA) is 64.6 Å². The van der Waals surface area contributed by atoms with Crippen LogP contribution < -0.4 is 5.32 Å². The number of rotatable bonds is 7. The minimum absolute atomic E-state index is 0.0811. The van der Waals surface area contributed by atoms with Crippen LogP contribution in [-0.2, 0) is 31.9 Å². The number of amides is 1. The zero-order valence-electron chi connectivity index (χ0n) is 14.1. The van der Waals surface area contributed by atoms with Crippen LogP contribution in [0.4, 0.5) is 0 Å². The molecule has 0 saturated heterocycles. The van der Waals surface area contributed by atoms with Crippen molar-refractivity contribution in [2.24, 2.45) is 0 Å². The van der Waals surface area contributed by atoms with E-state index in [2.05, 4.69) is 5.32 Å². The molecule has 0 bridgehead atoms. The first kappa shape index (κ1) is 17.5. The number of carbonyl (C=O) groups is 2. The second kappa shape index (κ2) is 7.59. The number of nitrogens with one attached hydrogen (secondary N) is 1. The zero-order chi connectivity index (χ0) is 16.9. The minimum Gasteiger partial charge on any atom is -0.464 e. The van der Waals surface area contributed by atoms with Crippen molar-refractivity contribution in [3.8, 4) is 0 Å². The highest BCUT2D eigenvalue weighted by molar-refractivity contribution is 5.89. The van der Waals surface area contributed by atoms with Crippen LogP contribution in [0.25, 0.3) is 0 Å². The summed E-state index contributed by atoms with van der Waals surface area (Å²) in [6.07, 6.45) is 1.25. The number of carbonyl (C=O) groups excluding carboxylic acids is 2. The van der Waals surface area contributed by atoms with E-state index in [1.165, 1.54) is 0 Å². The number of benzene rings is 1. The molecule has 0 aliphatic heterocycles. The first-order valence-electron chi connectivity index (χ1n) is 8.13. The van der Waals surface area contributed by atoms with Crippen molar-refractivity contribution < 1.29 is 19.1 Å². The highest BCUT2D eigenvalue weighted by Crippen LogP contribution is 2.31. The number of hydrogen-bond acceptors (Lipinski definition) is 4. The summed E-state index contributed by atoms with van der Waals surface area (Å²) in [6.45, 7) is 6.25. The molecule has 0 saturated carbocycles. The SMILES string of the molecule is CCOC(=O)C1(NC(=O)CCOC(C)C)Cc2ccccc2C1. The maximum absolute atomic E-state index is 12.5. The lowest BCUT2D eigenvalue weighted by atomic mass is 9.95.